The van der Waals surface area contributed by atoms with Gasteiger partial charge in [0.1, 0.15) is 6.61 Å². The van der Waals surface area contributed by atoms with E-state index < -0.39 is 20.3 Å². The fourth-order valence-electron chi connectivity index (χ4n) is 0.167. The molecule has 0 saturated heterocycles. The first kappa shape index (κ1) is 9.54. The number of carbonyl (C=O) groups excluding carboxylic acids is 1. The summed E-state index contributed by atoms with van der Waals surface area (Å²) >= 11 is 0. The van der Waals surface area contributed by atoms with Crippen molar-refractivity contribution in [3.8, 4) is 0 Å². The molecular weight excluding hydrogens is 165 g/mol. The summed E-state index contributed by atoms with van der Waals surface area (Å²) in [7, 11) is -5.13. The van der Waals surface area contributed by atoms with Crippen molar-refractivity contribution in [3.05, 3.63) is 5.21 Å². The molecule has 0 aromatic carbocycles. The molecule has 0 fully saturated rings. The third kappa shape index (κ3) is 5.67. The summed E-state index contributed by atoms with van der Waals surface area (Å²) in [5.41, 5.74) is 0.825. The van der Waals surface area contributed by atoms with Crippen LogP contribution in [0.3, 0.4) is 0 Å². The molecule has 1 amide bonds. The van der Waals surface area contributed by atoms with Crippen LogP contribution in [-0.4, -0.2) is 12.5 Å². The third-order valence-corrected chi connectivity index (χ3v) is 0.913. The van der Waals surface area contributed by atoms with E-state index in [0.717, 1.165) is 5.48 Å². The molecule has 7 nitrogen and oxygen atoms in total. The highest BCUT2D eigenvalue weighted by atomic mass is 31.2. The standard InChI is InChI=1S/C2H5NO6P/c4-2(3-5)1-9-10(6,7)8/h1H2,(H3-,3,4,5,6,7,8)/q-1/p-2. The van der Waals surface area contributed by atoms with E-state index in [4.69, 9.17) is 0 Å². The van der Waals surface area contributed by atoms with Gasteiger partial charge in [-0.05, 0) is 0 Å². The molecule has 0 rings (SSSR count). The molecule has 0 heterocycles. The molecule has 0 atom stereocenters. The van der Waals surface area contributed by atoms with Gasteiger partial charge in [-0.2, -0.15) is 0 Å². The molecule has 10 heavy (non-hydrogen) atoms. The van der Waals surface area contributed by atoms with Crippen molar-refractivity contribution in [3.63, 3.8) is 0 Å². The van der Waals surface area contributed by atoms with E-state index in [2.05, 4.69) is 4.52 Å². The van der Waals surface area contributed by atoms with Crippen LogP contribution in [0.2, 0.25) is 0 Å². The van der Waals surface area contributed by atoms with Crippen molar-refractivity contribution in [2.75, 3.05) is 6.61 Å². The Labute approximate surface area is 55.8 Å². The Morgan fingerprint density at radius 2 is 2.10 bits per heavy atom. The van der Waals surface area contributed by atoms with E-state index in [9.17, 15) is 24.4 Å². The van der Waals surface area contributed by atoms with Crippen LogP contribution in [0, 0.1) is 5.21 Å². The topological polar surface area (TPSA) is 125 Å². The normalized spacial score (nSPS) is 11.1. The first-order valence-corrected chi connectivity index (χ1v) is 3.49. The van der Waals surface area contributed by atoms with Gasteiger partial charge in [-0.25, -0.2) is 0 Å². The van der Waals surface area contributed by atoms with Crippen LogP contribution < -0.4 is 15.3 Å². The minimum Gasteiger partial charge on any atom is -0.790 e. The van der Waals surface area contributed by atoms with Gasteiger partial charge in [0.15, 0.2) is 0 Å². The minimum absolute atomic E-state index is 0.825. The number of phosphoric acid groups is 1. The molecule has 0 saturated carbocycles. The van der Waals surface area contributed by atoms with Crippen LogP contribution in [0.25, 0.3) is 0 Å². The summed E-state index contributed by atoms with van der Waals surface area (Å²) < 4.78 is 13.0. The number of hydrogen-bond acceptors (Lipinski definition) is 6. The maximum atomic E-state index is 9.91. The predicted molar refractivity (Wildman–Crippen MR) is 25.1 cm³/mol. The van der Waals surface area contributed by atoms with Gasteiger partial charge in [0.05, 0.1) is 7.82 Å². The maximum absolute atomic E-state index is 9.91. The second-order valence-electron chi connectivity index (χ2n) is 1.25. The number of rotatable bonds is 3. The van der Waals surface area contributed by atoms with E-state index in [1.165, 1.54) is 0 Å². The summed E-state index contributed by atoms with van der Waals surface area (Å²) in [5.74, 6) is -1.22. The van der Waals surface area contributed by atoms with Gasteiger partial charge in [-0.15, -0.1) is 0 Å². The lowest BCUT2D eigenvalue weighted by Crippen LogP contribution is -2.25. The van der Waals surface area contributed by atoms with Gasteiger partial charge in [0.2, 0.25) is 5.91 Å². The van der Waals surface area contributed by atoms with Crippen molar-refractivity contribution in [2.45, 2.75) is 0 Å². The third-order valence-electron chi connectivity index (χ3n) is 0.468. The molecule has 0 aromatic heterocycles. The van der Waals surface area contributed by atoms with Gasteiger partial charge >= 0.3 is 0 Å². The molecule has 0 aliphatic rings. The van der Waals surface area contributed by atoms with E-state index in [0.29, 0.717) is 0 Å². The zero-order valence-corrected chi connectivity index (χ0v) is 5.50. The Bertz CT molecular complexity index is 161. The zero-order valence-electron chi connectivity index (χ0n) is 4.60. The average Bonchev–Trinajstić information content (AvgIpc) is 1.81. The van der Waals surface area contributed by atoms with Crippen molar-refractivity contribution in [1.82, 2.24) is 5.48 Å². The fraction of sp³-hybridized carbons (Fsp3) is 0.500. The average molecular weight is 168 g/mol. The second-order valence-corrected chi connectivity index (χ2v) is 2.40. The monoisotopic (exact) mass is 168 g/mol. The highest BCUT2D eigenvalue weighted by molar-refractivity contribution is 7.43. The molecular formula is C2H3NO6P-3. The summed E-state index contributed by atoms with van der Waals surface area (Å²) in [4.78, 5) is 29.2. The number of amides is 1. The number of nitrogens with one attached hydrogen (secondary N) is 1. The van der Waals surface area contributed by atoms with Crippen LogP contribution in [0.1, 0.15) is 0 Å². The molecule has 0 aliphatic heterocycles. The van der Waals surface area contributed by atoms with Crippen molar-refractivity contribution in [2.24, 2.45) is 0 Å². The molecule has 1 N–H and O–H groups in total. The maximum Gasteiger partial charge on any atom is 0.235 e. The van der Waals surface area contributed by atoms with Crippen molar-refractivity contribution in [1.29, 1.82) is 0 Å². The Kier molecular flexibility index (Phi) is 3.48. The first-order valence-electron chi connectivity index (χ1n) is 2.03. The smallest absolute Gasteiger partial charge is 0.235 e. The van der Waals surface area contributed by atoms with Gasteiger partial charge in [0, 0.05) is 0 Å². The fourth-order valence-corrected chi connectivity index (χ4v) is 0.443. The summed E-state index contributed by atoms with van der Waals surface area (Å²) in [5, 5.41) is 9.37. The predicted octanol–water partition coefficient (Wildman–Crippen LogP) is -2.55. The summed E-state index contributed by atoms with van der Waals surface area (Å²) in [6.45, 7) is -1.06. The Hall–Kier alpha value is -0.460. The van der Waals surface area contributed by atoms with Crippen LogP contribution in [0.15, 0.2) is 0 Å². The number of carbonyl (C=O) groups is 1. The van der Waals surface area contributed by atoms with Crippen LogP contribution in [0.4, 0.5) is 0 Å². The molecule has 8 heteroatoms. The van der Waals surface area contributed by atoms with Crippen molar-refractivity contribution < 1.29 is 23.7 Å². The molecule has 0 aliphatic carbocycles. The molecule has 0 spiro atoms. The summed E-state index contributed by atoms with van der Waals surface area (Å²) in [6, 6.07) is 0. The molecule has 0 unspecified atom stereocenters. The highest BCUT2D eigenvalue weighted by Crippen LogP contribution is 2.23. The Morgan fingerprint density at radius 3 is 2.40 bits per heavy atom. The lowest BCUT2D eigenvalue weighted by Gasteiger charge is -2.28. The first-order chi connectivity index (χ1) is 4.45. The van der Waals surface area contributed by atoms with E-state index in [1.54, 1.807) is 0 Å². The largest absolute Gasteiger partial charge is 0.790 e. The van der Waals surface area contributed by atoms with Crippen molar-refractivity contribution >= 4 is 13.7 Å². The quantitative estimate of drug-likeness (QED) is 0.365. The second kappa shape index (κ2) is 3.65. The highest BCUT2D eigenvalue weighted by Gasteiger charge is 1.96. The lowest BCUT2D eigenvalue weighted by molar-refractivity contribution is -0.341. The van der Waals surface area contributed by atoms with E-state index >= 15 is 0 Å². The van der Waals surface area contributed by atoms with E-state index in [-0.39, 0.29) is 0 Å². The van der Waals surface area contributed by atoms with Gasteiger partial charge in [0.25, 0.3) is 0 Å². The van der Waals surface area contributed by atoms with Gasteiger partial charge in [-0.3, -0.25) is 4.79 Å². The molecule has 60 valence electrons. The molecule has 0 radical (unpaired) electrons. The minimum atomic E-state index is -5.13. The van der Waals surface area contributed by atoms with Gasteiger partial charge < -0.3 is 29.6 Å². The lowest BCUT2D eigenvalue weighted by atomic mass is 10.7. The van der Waals surface area contributed by atoms with Crippen LogP contribution in [0.5, 0.6) is 0 Å². The van der Waals surface area contributed by atoms with Crippen LogP contribution >= 0.6 is 7.82 Å². The Morgan fingerprint density at radius 1 is 1.60 bits per heavy atom. The Balaban J connectivity index is 3.56. The zero-order chi connectivity index (χ0) is 8.20. The van der Waals surface area contributed by atoms with Crippen LogP contribution in [-0.2, 0) is 13.9 Å². The number of hydroxylamine groups is 1. The molecule has 0 aromatic rings. The number of hydrogen-bond donors (Lipinski definition) is 1. The summed E-state index contributed by atoms with van der Waals surface area (Å²) in [6.07, 6.45) is 0. The van der Waals surface area contributed by atoms with E-state index in [1.807, 2.05) is 0 Å². The van der Waals surface area contributed by atoms with Gasteiger partial charge in [-0.1, -0.05) is 0 Å². The molecule has 0 bridgehead atoms. The SMILES string of the molecule is O=C(COP(=O)([O-])[O-])N[O-]. The number of phosphoric ester groups is 1.